The number of nitrogens with one attached hydrogen (secondary N) is 1. The van der Waals surface area contributed by atoms with Gasteiger partial charge in [0.05, 0.1) is 18.4 Å². The lowest BCUT2D eigenvalue weighted by Gasteiger charge is -2.39. The number of methoxy groups -OCH3 is 1. The second-order valence-corrected chi connectivity index (χ2v) is 6.07. The fourth-order valence-electron chi connectivity index (χ4n) is 2.84. The number of hydrogen-bond acceptors (Lipinski definition) is 4. The van der Waals surface area contributed by atoms with Crippen LogP contribution in [0.25, 0.3) is 0 Å². The van der Waals surface area contributed by atoms with Gasteiger partial charge >= 0.3 is 0 Å². The summed E-state index contributed by atoms with van der Waals surface area (Å²) in [6, 6.07) is 2.17. The lowest BCUT2D eigenvalue weighted by atomic mass is 9.95. The highest BCUT2D eigenvalue weighted by molar-refractivity contribution is 5.12. The Kier molecular flexibility index (Phi) is 5.64. The second-order valence-electron chi connectivity index (χ2n) is 6.07. The summed E-state index contributed by atoms with van der Waals surface area (Å²) in [4.78, 5) is 2.43. The van der Waals surface area contributed by atoms with Crippen LogP contribution in [-0.2, 0) is 17.8 Å². The molecule has 1 aliphatic heterocycles. The molecule has 4 heteroatoms. The normalized spacial score (nSPS) is 24.1. The van der Waals surface area contributed by atoms with Gasteiger partial charge in [-0.25, -0.2) is 0 Å². The van der Waals surface area contributed by atoms with E-state index < -0.39 is 0 Å². The number of nitrogens with zero attached hydrogens (tertiary/aromatic N) is 1. The average Bonchev–Trinajstić information content (AvgIpc) is 2.87. The zero-order valence-corrected chi connectivity index (χ0v) is 13.1. The fourth-order valence-corrected chi connectivity index (χ4v) is 2.84. The Morgan fingerprint density at radius 1 is 1.50 bits per heavy atom. The first-order chi connectivity index (χ1) is 9.65. The van der Waals surface area contributed by atoms with Crippen LogP contribution in [0.2, 0.25) is 0 Å². The van der Waals surface area contributed by atoms with Gasteiger partial charge < -0.3 is 14.5 Å². The lowest BCUT2D eigenvalue weighted by Crippen LogP contribution is -2.46. The van der Waals surface area contributed by atoms with E-state index in [4.69, 9.17) is 9.15 Å². The van der Waals surface area contributed by atoms with E-state index in [0.29, 0.717) is 0 Å². The van der Waals surface area contributed by atoms with E-state index in [9.17, 15) is 0 Å². The topological polar surface area (TPSA) is 37.6 Å². The highest BCUT2D eigenvalue weighted by Crippen LogP contribution is 2.25. The van der Waals surface area contributed by atoms with E-state index in [-0.39, 0.29) is 5.60 Å². The van der Waals surface area contributed by atoms with Gasteiger partial charge in [-0.05, 0) is 45.3 Å². The molecule has 2 heterocycles. The van der Waals surface area contributed by atoms with Crippen molar-refractivity contribution < 1.29 is 9.15 Å². The van der Waals surface area contributed by atoms with Crippen molar-refractivity contribution in [2.45, 2.75) is 51.8 Å². The summed E-state index contributed by atoms with van der Waals surface area (Å²) < 4.78 is 11.3. The summed E-state index contributed by atoms with van der Waals surface area (Å²) >= 11 is 0. The van der Waals surface area contributed by atoms with Gasteiger partial charge in [0, 0.05) is 25.8 Å². The first-order valence-electron chi connectivity index (χ1n) is 7.70. The number of ether oxygens (including phenoxy) is 1. The molecular formula is C16H28N2O2. The predicted molar refractivity (Wildman–Crippen MR) is 80.6 cm³/mol. The van der Waals surface area contributed by atoms with Crippen molar-refractivity contribution in [1.82, 2.24) is 10.2 Å². The van der Waals surface area contributed by atoms with Crippen LogP contribution in [0.4, 0.5) is 0 Å². The minimum Gasteiger partial charge on any atom is -0.468 e. The third kappa shape index (κ3) is 4.33. The SMILES string of the molecule is CCCNCc1coc(CN2CCCC(C)(OC)C2)c1. The smallest absolute Gasteiger partial charge is 0.118 e. The van der Waals surface area contributed by atoms with Crippen LogP contribution in [0.1, 0.15) is 44.4 Å². The molecule has 1 aromatic rings. The summed E-state index contributed by atoms with van der Waals surface area (Å²) in [5.41, 5.74) is 1.23. The van der Waals surface area contributed by atoms with Crippen LogP contribution < -0.4 is 5.32 Å². The first-order valence-corrected chi connectivity index (χ1v) is 7.70. The number of hydrogen-bond donors (Lipinski definition) is 1. The summed E-state index contributed by atoms with van der Waals surface area (Å²) in [6.45, 7) is 9.31. The standard InChI is InChI=1S/C16H28N2O2/c1-4-7-17-10-14-9-15(20-12-14)11-18-8-5-6-16(2,13-18)19-3/h9,12,17H,4-8,10-11,13H2,1-3H3. The number of furan rings is 1. The number of likely N-dealkylation sites (tertiary alicyclic amines) is 1. The maximum Gasteiger partial charge on any atom is 0.118 e. The molecular weight excluding hydrogens is 252 g/mol. The monoisotopic (exact) mass is 280 g/mol. The number of piperidine rings is 1. The van der Waals surface area contributed by atoms with Crippen molar-refractivity contribution in [1.29, 1.82) is 0 Å². The highest BCUT2D eigenvalue weighted by Gasteiger charge is 2.30. The van der Waals surface area contributed by atoms with Crippen molar-refractivity contribution in [3.05, 3.63) is 23.7 Å². The van der Waals surface area contributed by atoms with Crippen molar-refractivity contribution in [2.75, 3.05) is 26.7 Å². The van der Waals surface area contributed by atoms with Crippen molar-refractivity contribution in [3.8, 4) is 0 Å². The molecule has 2 rings (SSSR count). The Labute approximate surface area is 122 Å². The van der Waals surface area contributed by atoms with Gasteiger partial charge in [-0.1, -0.05) is 6.92 Å². The molecule has 0 bridgehead atoms. The van der Waals surface area contributed by atoms with Crippen molar-refractivity contribution >= 4 is 0 Å². The molecule has 1 saturated heterocycles. The van der Waals surface area contributed by atoms with Crippen molar-refractivity contribution in [2.24, 2.45) is 0 Å². The lowest BCUT2D eigenvalue weighted by molar-refractivity contribution is -0.0538. The molecule has 0 amide bonds. The van der Waals surface area contributed by atoms with Gasteiger partial charge in [-0.3, -0.25) is 4.90 Å². The molecule has 1 atom stereocenters. The highest BCUT2D eigenvalue weighted by atomic mass is 16.5. The molecule has 114 valence electrons. The summed E-state index contributed by atoms with van der Waals surface area (Å²) in [6.07, 6.45) is 5.37. The van der Waals surface area contributed by atoms with Gasteiger partial charge in [-0.15, -0.1) is 0 Å². The zero-order chi connectivity index (χ0) is 14.4. The maximum atomic E-state index is 5.68. The van der Waals surface area contributed by atoms with Crippen LogP contribution in [-0.4, -0.2) is 37.2 Å². The van der Waals surface area contributed by atoms with E-state index in [2.05, 4.69) is 30.1 Å². The molecule has 0 radical (unpaired) electrons. The fraction of sp³-hybridized carbons (Fsp3) is 0.750. The van der Waals surface area contributed by atoms with E-state index in [0.717, 1.165) is 51.3 Å². The average molecular weight is 280 g/mol. The third-order valence-corrected chi connectivity index (χ3v) is 4.07. The van der Waals surface area contributed by atoms with E-state index in [1.807, 2.05) is 13.4 Å². The number of rotatable bonds is 7. The molecule has 0 aliphatic carbocycles. The van der Waals surface area contributed by atoms with Crippen LogP contribution in [0.3, 0.4) is 0 Å². The quantitative estimate of drug-likeness (QED) is 0.779. The molecule has 1 unspecified atom stereocenters. The Morgan fingerprint density at radius 2 is 2.35 bits per heavy atom. The van der Waals surface area contributed by atoms with Crippen molar-refractivity contribution in [3.63, 3.8) is 0 Å². The molecule has 1 fully saturated rings. The molecule has 0 aromatic carbocycles. The van der Waals surface area contributed by atoms with E-state index in [1.165, 1.54) is 12.0 Å². The molecule has 1 N–H and O–H groups in total. The third-order valence-electron chi connectivity index (χ3n) is 4.07. The Morgan fingerprint density at radius 3 is 3.10 bits per heavy atom. The van der Waals surface area contributed by atoms with Gasteiger partial charge in [0.1, 0.15) is 5.76 Å². The maximum absolute atomic E-state index is 5.68. The zero-order valence-electron chi connectivity index (χ0n) is 13.1. The van der Waals surface area contributed by atoms with Crippen LogP contribution in [0.5, 0.6) is 0 Å². The largest absolute Gasteiger partial charge is 0.468 e. The summed E-state index contributed by atoms with van der Waals surface area (Å²) in [5.74, 6) is 1.05. The minimum atomic E-state index is -0.00362. The first kappa shape index (κ1) is 15.5. The Balaban J connectivity index is 1.84. The summed E-state index contributed by atoms with van der Waals surface area (Å²) in [7, 11) is 1.81. The van der Waals surface area contributed by atoms with Gasteiger partial charge in [0.15, 0.2) is 0 Å². The summed E-state index contributed by atoms with van der Waals surface area (Å²) in [5, 5.41) is 3.40. The molecule has 0 spiro atoms. The van der Waals surface area contributed by atoms with E-state index >= 15 is 0 Å². The minimum absolute atomic E-state index is 0.00362. The molecule has 1 aromatic heterocycles. The van der Waals surface area contributed by atoms with Crippen LogP contribution >= 0.6 is 0 Å². The Bertz CT molecular complexity index is 405. The predicted octanol–water partition coefficient (Wildman–Crippen LogP) is 2.78. The van der Waals surface area contributed by atoms with Gasteiger partial charge in [0.25, 0.3) is 0 Å². The molecule has 4 nitrogen and oxygen atoms in total. The second kappa shape index (κ2) is 7.25. The molecule has 0 saturated carbocycles. The molecule has 20 heavy (non-hydrogen) atoms. The molecule has 1 aliphatic rings. The van der Waals surface area contributed by atoms with Gasteiger partial charge in [0.2, 0.25) is 0 Å². The van der Waals surface area contributed by atoms with Crippen LogP contribution in [0, 0.1) is 0 Å². The van der Waals surface area contributed by atoms with Crippen LogP contribution in [0.15, 0.2) is 16.7 Å². The van der Waals surface area contributed by atoms with Gasteiger partial charge in [-0.2, -0.15) is 0 Å². The Hall–Kier alpha value is -0.840. The van der Waals surface area contributed by atoms with E-state index in [1.54, 1.807) is 0 Å².